The van der Waals surface area contributed by atoms with Gasteiger partial charge in [0.1, 0.15) is 5.92 Å². The van der Waals surface area contributed by atoms with Gasteiger partial charge < -0.3 is 10.2 Å². The predicted molar refractivity (Wildman–Crippen MR) is 89.9 cm³/mol. The summed E-state index contributed by atoms with van der Waals surface area (Å²) in [6.07, 6.45) is 8.05. The van der Waals surface area contributed by atoms with E-state index in [1.807, 2.05) is 30.1 Å². The summed E-state index contributed by atoms with van der Waals surface area (Å²) in [7, 11) is 1.90. The second kappa shape index (κ2) is 6.19. The molecule has 0 spiro atoms. The highest BCUT2D eigenvalue weighted by Crippen LogP contribution is 2.47. The van der Waals surface area contributed by atoms with E-state index in [2.05, 4.69) is 10.3 Å². The molecular weight excluding hydrogens is 302 g/mol. The van der Waals surface area contributed by atoms with E-state index in [0.717, 1.165) is 12.1 Å². The minimum atomic E-state index is -0.532. The number of pyridine rings is 1. The molecule has 2 heterocycles. The molecule has 1 aliphatic heterocycles. The molecule has 3 aliphatic rings. The first-order chi connectivity index (χ1) is 11.6. The van der Waals surface area contributed by atoms with Crippen molar-refractivity contribution >= 4 is 11.8 Å². The molecule has 2 unspecified atom stereocenters. The Morgan fingerprint density at radius 2 is 1.88 bits per heavy atom. The van der Waals surface area contributed by atoms with Crippen molar-refractivity contribution in [2.24, 2.45) is 17.8 Å². The van der Waals surface area contributed by atoms with E-state index in [1.54, 1.807) is 6.20 Å². The lowest BCUT2D eigenvalue weighted by atomic mass is 9.90. The van der Waals surface area contributed by atoms with Crippen LogP contribution in [0.1, 0.15) is 50.3 Å². The first-order valence-corrected chi connectivity index (χ1v) is 9.13. The van der Waals surface area contributed by atoms with Crippen LogP contribution >= 0.6 is 0 Å². The Hall–Kier alpha value is -1.91. The molecule has 3 fully saturated rings. The Morgan fingerprint density at radius 1 is 1.17 bits per heavy atom. The van der Waals surface area contributed by atoms with E-state index in [9.17, 15) is 9.59 Å². The standard InChI is InChI=1S/C19H25N3O2/c1-22(17(12-5-6-12)13-7-8-13)19(24)14-9-10-16(21-18(14)23)15-4-2-3-11-20-15/h2-4,11-14,16-17H,5-10H2,1H3,(H,21,23). The molecule has 5 heteroatoms. The van der Waals surface area contributed by atoms with Crippen LogP contribution in [0.2, 0.25) is 0 Å². The molecule has 0 aromatic carbocycles. The number of amides is 2. The normalized spacial score (nSPS) is 27.0. The molecule has 128 valence electrons. The van der Waals surface area contributed by atoms with Crippen LogP contribution in [0.4, 0.5) is 0 Å². The van der Waals surface area contributed by atoms with Gasteiger partial charge in [0.2, 0.25) is 11.8 Å². The Morgan fingerprint density at radius 3 is 2.42 bits per heavy atom. The summed E-state index contributed by atoms with van der Waals surface area (Å²) in [5.41, 5.74) is 0.874. The fourth-order valence-corrected chi connectivity index (χ4v) is 4.13. The van der Waals surface area contributed by atoms with Crippen molar-refractivity contribution in [3.05, 3.63) is 30.1 Å². The van der Waals surface area contributed by atoms with Crippen LogP contribution in [0.3, 0.4) is 0 Å². The molecule has 1 N–H and O–H groups in total. The van der Waals surface area contributed by atoms with Crippen LogP contribution in [0, 0.1) is 17.8 Å². The Labute approximate surface area is 142 Å². The average Bonchev–Trinajstić information content (AvgIpc) is 3.50. The Bertz CT molecular complexity index is 613. The monoisotopic (exact) mass is 327 g/mol. The summed E-state index contributed by atoms with van der Waals surface area (Å²) in [4.78, 5) is 31.7. The quantitative estimate of drug-likeness (QED) is 0.844. The number of aromatic nitrogens is 1. The molecule has 2 atom stereocenters. The molecule has 2 amide bonds. The smallest absolute Gasteiger partial charge is 0.235 e. The highest BCUT2D eigenvalue weighted by atomic mass is 16.2. The van der Waals surface area contributed by atoms with Gasteiger partial charge in [0.15, 0.2) is 0 Å². The third-order valence-corrected chi connectivity index (χ3v) is 5.72. The van der Waals surface area contributed by atoms with Gasteiger partial charge in [0.25, 0.3) is 0 Å². The number of rotatable bonds is 5. The topological polar surface area (TPSA) is 62.3 Å². The van der Waals surface area contributed by atoms with Gasteiger partial charge in [0.05, 0.1) is 11.7 Å². The van der Waals surface area contributed by atoms with Gasteiger partial charge in [-0.25, -0.2) is 0 Å². The van der Waals surface area contributed by atoms with Gasteiger partial charge >= 0.3 is 0 Å². The largest absolute Gasteiger partial charge is 0.347 e. The van der Waals surface area contributed by atoms with E-state index in [4.69, 9.17) is 0 Å². The number of carbonyl (C=O) groups excluding carboxylic acids is 2. The first-order valence-electron chi connectivity index (χ1n) is 9.13. The van der Waals surface area contributed by atoms with E-state index < -0.39 is 5.92 Å². The van der Waals surface area contributed by atoms with Gasteiger partial charge in [-0.2, -0.15) is 0 Å². The van der Waals surface area contributed by atoms with Gasteiger partial charge in [-0.15, -0.1) is 0 Å². The number of nitrogens with one attached hydrogen (secondary N) is 1. The van der Waals surface area contributed by atoms with Crippen molar-refractivity contribution in [2.75, 3.05) is 7.05 Å². The molecule has 4 rings (SSSR count). The summed E-state index contributed by atoms with van der Waals surface area (Å²) >= 11 is 0. The van der Waals surface area contributed by atoms with Crippen LogP contribution in [-0.2, 0) is 9.59 Å². The van der Waals surface area contributed by atoms with Crippen LogP contribution in [0.5, 0.6) is 0 Å². The van der Waals surface area contributed by atoms with Crippen LogP contribution in [-0.4, -0.2) is 34.8 Å². The van der Waals surface area contributed by atoms with Crippen molar-refractivity contribution in [2.45, 2.75) is 50.6 Å². The second-order valence-electron chi connectivity index (χ2n) is 7.56. The zero-order chi connectivity index (χ0) is 16.7. The molecule has 5 nitrogen and oxygen atoms in total. The van der Waals surface area contributed by atoms with E-state index in [1.165, 1.54) is 25.7 Å². The molecule has 0 radical (unpaired) electrons. The van der Waals surface area contributed by atoms with Gasteiger partial charge in [0, 0.05) is 19.3 Å². The lowest BCUT2D eigenvalue weighted by Gasteiger charge is -2.34. The molecular formula is C19H25N3O2. The number of hydrogen-bond donors (Lipinski definition) is 1. The van der Waals surface area contributed by atoms with Gasteiger partial charge in [-0.05, 0) is 62.5 Å². The minimum absolute atomic E-state index is 0.00997. The summed E-state index contributed by atoms with van der Waals surface area (Å²) in [5.74, 6) is 0.670. The maximum atomic E-state index is 12.9. The average molecular weight is 327 g/mol. The molecule has 2 saturated carbocycles. The van der Waals surface area contributed by atoms with Crippen LogP contribution in [0.15, 0.2) is 24.4 Å². The molecule has 24 heavy (non-hydrogen) atoms. The first kappa shape index (κ1) is 15.6. The predicted octanol–water partition coefficient (Wildman–Crippen LogP) is 2.30. The second-order valence-corrected chi connectivity index (χ2v) is 7.56. The van der Waals surface area contributed by atoms with E-state index in [0.29, 0.717) is 24.3 Å². The summed E-state index contributed by atoms with van der Waals surface area (Å²) in [5, 5.41) is 3.00. The highest BCUT2D eigenvalue weighted by molar-refractivity contribution is 6.01. The molecule has 1 aromatic heterocycles. The van der Waals surface area contributed by atoms with Crippen LogP contribution < -0.4 is 5.32 Å². The van der Waals surface area contributed by atoms with Crippen molar-refractivity contribution < 1.29 is 9.59 Å². The van der Waals surface area contributed by atoms with Crippen LogP contribution in [0.25, 0.3) is 0 Å². The van der Waals surface area contributed by atoms with Crippen molar-refractivity contribution in [3.63, 3.8) is 0 Å². The number of nitrogens with zero attached hydrogens (tertiary/aromatic N) is 2. The lowest BCUT2D eigenvalue weighted by Crippen LogP contribution is -2.50. The zero-order valence-corrected chi connectivity index (χ0v) is 14.1. The molecule has 0 bridgehead atoms. The van der Waals surface area contributed by atoms with E-state index in [-0.39, 0.29) is 17.9 Å². The van der Waals surface area contributed by atoms with Crippen molar-refractivity contribution in [1.29, 1.82) is 0 Å². The maximum absolute atomic E-state index is 12.9. The number of piperidine rings is 1. The highest BCUT2D eigenvalue weighted by Gasteiger charge is 2.47. The number of carbonyl (C=O) groups is 2. The molecule has 1 saturated heterocycles. The Kier molecular flexibility index (Phi) is 4.02. The fourth-order valence-electron chi connectivity index (χ4n) is 4.13. The number of hydrogen-bond acceptors (Lipinski definition) is 3. The summed E-state index contributed by atoms with van der Waals surface area (Å²) < 4.78 is 0. The van der Waals surface area contributed by atoms with Crippen molar-refractivity contribution in [1.82, 2.24) is 15.2 Å². The summed E-state index contributed by atoms with van der Waals surface area (Å²) in [6, 6.07) is 6.01. The summed E-state index contributed by atoms with van der Waals surface area (Å²) in [6.45, 7) is 0. The van der Waals surface area contributed by atoms with Gasteiger partial charge in [-0.1, -0.05) is 6.07 Å². The third kappa shape index (κ3) is 3.04. The lowest BCUT2D eigenvalue weighted by molar-refractivity contribution is -0.145. The van der Waals surface area contributed by atoms with E-state index >= 15 is 0 Å². The van der Waals surface area contributed by atoms with Crippen molar-refractivity contribution in [3.8, 4) is 0 Å². The fraction of sp³-hybridized carbons (Fsp3) is 0.632. The third-order valence-electron chi connectivity index (χ3n) is 5.72. The maximum Gasteiger partial charge on any atom is 0.235 e. The molecule has 2 aliphatic carbocycles. The van der Waals surface area contributed by atoms with Gasteiger partial charge in [-0.3, -0.25) is 14.6 Å². The zero-order valence-electron chi connectivity index (χ0n) is 14.1. The minimum Gasteiger partial charge on any atom is -0.347 e. The SMILES string of the molecule is CN(C(=O)C1CCC(c2ccccn2)NC1=O)C(C1CC1)C1CC1. The molecule has 1 aromatic rings. The Balaban J connectivity index is 1.41.